The van der Waals surface area contributed by atoms with E-state index in [0.29, 0.717) is 12.1 Å². The van der Waals surface area contributed by atoms with E-state index in [1.54, 1.807) is 19.2 Å². The van der Waals surface area contributed by atoms with Crippen LogP contribution in [0.2, 0.25) is 0 Å². The number of methoxy groups -OCH3 is 2. The number of nitrogens with two attached hydrogens (primary N) is 1. The lowest BCUT2D eigenvalue weighted by molar-refractivity contribution is -0.131. The third-order valence-corrected chi connectivity index (χ3v) is 4.58. The molecule has 0 fully saturated rings. The third-order valence-electron chi connectivity index (χ3n) is 4.58. The second kappa shape index (κ2) is 8.54. The van der Waals surface area contributed by atoms with Gasteiger partial charge < -0.3 is 20.5 Å². The van der Waals surface area contributed by atoms with Crippen molar-refractivity contribution >= 4 is 22.5 Å². The van der Waals surface area contributed by atoms with E-state index in [2.05, 4.69) is 5.32 Å². The number of amidine groups is 1. The fraction of sp³-hybridized carbons (Fsp3) is 0.182. The molecular weight excluding hydrogens is 354 g/mol. The topological polar surface area (TPSA) is 97.4 Å². The molecule has 0 aliphatic heterocycles. The molecule has 1 unspecified atom stereocenters. The number of carbonyl (C=O) groups excluding carboxylic acids is 1. The minimum atomic E-state index is -0.706. The first-order valence-corrected chi connectivity index (χ1v) is 8.83. The summed E-state index contributed by atoms with van der Waals surface area (Å²) in [7, 11) is 3.15. The minimum Gasteiger partial charge on any atom is -0.497 e. The second-order valence-electron chi connectivity index (χ2n) is 6.42. The van der Waals surface area contributed by atoms with Crippen LogP contribution in [0.3, 0.4) is 0 Å². The first-order chi connectivity index (χ1) is 13.5. The van der Waals surface area contributed by atoms with E-state index in [1.165, 1.54) is 7.11 Å². The normalized spacial score (nSPS) is 11.8. The van der Waals surface area contributed by atoms with Gasteiger partial charge in [0.2, 0.25) is 0 Å². The Balaban J connectivity index is 1.72. The molecule has 0 aromatic heterocycles. The highest BCUT2D eigenvalue weighted by molar-refractivity contribution is 5.94. The van der Waals surface area contributed by atoms with Crippen molar-refractivity contribution in [3.05, 3.63) is 77.4 Å². The van der Waals surface area contributed by atoms with Crippen molar-refractivity contribution in [2.24, 2.45) is 5.73 Å². The van der Waals surface area contributed by atoms with E-state index in [0.717, 1.165) is 27.6 Å². The van der Waals surface area contributed by atoms with Gasteiger partial charge in [-0.05, 0) is 40.1 Å². The maximum absolute atomic E-state index is 12.6. The van der Waals surface area contributed by atoms with Gasteiger partial charge in [0, 0.05) is 19.2 Å². The number of rotatable bonds is 7. The van der Waals surface area contributed by atoms with Crippen LogP contribution >= 0.6 is 0 Å². The van der Waals surface area contributed by atoms with Gasteiger partial charge in [-0.3, -0.25) is 10.2 Å². The quantitative estimate of drug-likeness (QED) is 0.435. The number of ether oxygens (including phenoxy) is 2. The van der Waals surface area contributed by atoms with Gasteiger partial charge in [0.1, 0.15) is 11.6 Å². The van der Waals surface area contributed by atoms with Crippen molar-refractivity contribution in [2.75, 3.05) is 14.2 Å². The maximum atomic E-state index is 12.6. The Labute approximate surface area is 163 Å². The van der Waals surface area contributed by atoms with Crippen LogP contribution in [-0.2, 0) is 16.1 Å². The molecule has 0 saturated carbocycles. The van der Waals surface area contributed by atoms with Gasteiger partial charge in [0.15, 0.2) is 6.10 Å². The van der Waals surface area contributed by atoms with Crippen LogP contribution in [0, 0.1) is 5.41 Å². The summed E-state index contributed by atoms with van der Waals surface area (Å²) in [6.45, 7) is 0.363. The molecule has 0 heterocycles. The summed E-state index contributed by atoms with van der Waals surface area (Å²) < 4.78 is 10.7. The summed E-state index contributed by atoms with van der Waals surface area (Å²) in [6.07, 6.45) is -0.706. The van der Waals surface area contributed by atoms with E-state index >= 15 is 0 Å². The molecule has 0 aliphatic rings. The lowest BCUT2D eigenvalue weighted by atomic mass is 10.0. The molecule has 0 spiro atoms. The standard InChI is InChI=1S/C22H23N3O3/c1-27-19-10-9-16-11-18(8-7-17(16)12-19)20(28-2)22(26)25-13-14-3-5-15(6-4-14)21(23)24/h3-12,20H,13H2,1-2H3,(H3,23,24)(H,25,26). The Bertz CT molecular complexity index is 1000. The molecule has 0 saturated heterocycles. The first kappa shape index (κ1) is 19.4. The Morgan fingerprint density at radius 1 is 1.04 bits per heavy atom. The van der Waals surface area contributed by atoms with Gasteiger partial charge in [-0.25, -0.2) is 0 Å². The summed E-state index contributed by atoms with van der Waals surface area (Å²) >= 11 is 0. The molecule has 6 nitrogen and oxygen atoms in total. The van der Waals surface area contributed by atoms with Crippen LogP contribution in [0.4, 0.5) is 0 Å². The van der Waals surface area contributed by atoms with E-state index in [-0.39, 0.29) is 11.7 Å². The van der Waals surface area contributed by atoms with Gasteiger partial charge >= 0.3 is 0 Å². The van der Waals surface area contributed by atoms with Gasteiger partial charge in [-0.1, -0.05) is 42.5 Å². The Morgan fingerprint density at radius 2 is 1.71 bits per heavy atom. The smallest absolute Gasteiger partial charge is 0.254 e. The number of nitrogens with one attached hydrogen (secondary N) is 2. The van der Waals surface area contributed by atoms with Crippen LogP contribution < -0.4 is 15.8 Å². The van der Waals surface area contributed by atoms with E-state index in [4.69, 9.17) is 20.6 Å². The largest absolute Gasteiger partial charge is 0.497 e. The molecule has 6 heteroatoms. The molecule has 3 aromatic carbocycles. The van der Waals surface area contributed by atoms with E-state index in [9.17, 15) is 4.79 Å². The number of hydrogen-bond donors (Lipinski definition) is 3. The lowest BCUT2D eigenvalue weighted by Gasteiger charge is -2.16. The van der Waals surface area contributed by atoms with Crippen molar-refractivity contribution in [1.82, 2.24) is 5.32 Å². The lowest BCUT2D eigenvalue weighted by Crippen LogP contribution is -2.30. The molecule has 0 radical (unpaired) electrons. The van der Waals surface area contributed by atoms with Crippen molar-refractivity contribution in [1.29, 1.82) is 5.41 Å². The van der Waals surface area contributed by atoms with E-state index < -0.39 is 6.10 Å². The van der Waals surface area contributed by atoms with Crippen molar-refractivity contribution < 1.29 is 14.3 Å². The number of hydrogen-bond acceptors (Lipinski definition) is 4. The second-order valence-corrected chi connectivity index (χ2v) is 6.42. The Morgan fingerprint density at radius 3 is 2.36 bits per heavy atom. The predicted molar refractivity (Wildman–Crippen MR) is 110 cm³/mol. The van der Waals surface area contributed by atoms with Gasteiger partial charge in [-0.15, -0.1) is 0 Å². The number of amides is 1. The van der Waals surface area contributed by atoms with Gasteiger partial charge in [0.25, 0.3) is 5.91 Å². The average molecular weight is 377 g/mol. The summed E-state index contributed by atoms with van der Waals surface area (Å²) in [5.74, 6) is 0.590. The van der Waals surface area contributed by atoms with Crippen LogP contribution in [-0.4, -0.2) is 26.0 Å². The SMILES string of the molecule is COc1ccc2cc(C(OC)C(=O)NCc3ccc(C(=N)N)cc3)ccc2c1. The zero-order valence-electron chi connectivity index (χ0n) is 15.9. The molecule has 3 rings (SSSR count). The molecule has 3 aromatic rings. The molecule has 4 N–H and O–H groups in total. The average Bonchev–Trinajstić information content (AvgIpc) is 2.72. The zero-order valence-corrected chi connectivity index (χ0v) is 15.9. The Hall–Kier alpha value is -3.38. The van der Waals surface area contributed by atoms with Crippen molar-refractivity contribution in [3.63, 3.8) is 0 Å². The van der Waals surface area contributed by atoms with Crippen LogP contribution in [0.25, 0.3) is 10.8 Å². The molecule has 0 bridgehead atoms. The first-order valence-electron chi connectivity index (χ1n) is 8.83. The molecule has 1 amide bonds. The summed E-state index contributed by atoms with van der Waals surface area (Å²) in [4.78, 5) is 12.6. The Kier molecular flexibility index (Phi) is 5.91. The highest BCUT2D eigenvalue weighted by Crippen LogP contribution is 2.26. The molecule has 0 aliphatic carbocycles. The maximum Gasteiger partial charge on any atom is 0.254 e. The summed E-state index contributed by atoms with van der Waals surface area (Å²) in [6, 6.07) is 18.8. The monoisotopic (exact) mass is 377 g/mol. The number of fused-ring (bicyclic) bond motifs is 1. The number of nitrogen functional groups attached to an aromatic ring is 1. The van der Waals surface area contributed by atoms with Crippen LogP contribution in [0.5, 0.6) is 5.75 Å². The predicted octanol–water partition coefficient (Wildman–Crippen LogP) is 3.14. The fourth-order valence-corrected chi connectivity index (χ4v) is 3.01. The highest BCUT2D eigenvalue weighted by Gasteiger charge is 2.20. The number of benzene rings is 3. The zero-order chi connectivity index (χ0) is 20.1. The van der Waals surface area contributed by atoms with E-state index in [1.807, 2.05) is 48.5 Å². The van der Waals surface area contributed by atoms with Crippen molar-refractivity contribution in [3.8, 4) is 5.75 Å². The highest BCUT2D eigenvalue weighted by atomic mass is 16.5. The third kappa shape index (κ3) is 4.29. The molecule has 28 heavy (non-hydrogen) atoms. The molecular formula is C22H23N3O3. The van der Waals surface area contributed by atoms with Crippen LogP contribution in [0.1, 0.15) is 22.8 Å². The number of carbonyl (C=O) groups is 1. The van der Waals surface area contributed by atoms with Gasteiger partial charge in [0.05, 0.1) is 7.11 Å². The van der Waals surface area contributed by atoms with Crippen LogP contribution in [0.15, 0.2) is 60.7 Å². The molecule has 1 atom stereocenters. The molecule has 144 valence electrons. The fourth-order valence-electron chi connectivity index (χ4n) is 3.01. The van der Waals surface area contributed by atoms with Crippen molar-refractivity contribution in [2.45, 2.75) is 12.6 Å². The summed E-state index contributed by atoms with van der Waals surface area (Å²) in [5.41, 5.74) is 7.80. The summed E-state index contributed by atoms with van der Waals surface area (Å²) in [5, 5.41) is 12.4. The minimum absolute atomic E-state index is 0.0176. The van der Waals surface area contributed by atoms with Gasteiger partial charge in [-0.2, -0.15) is 0 Å².